The van der Waals surface area contributed by atoms with Crippen LogP contribution in [0.15, 0.2) is 11.3 Å². The van der Waals surface area contributed by atoms with Crippen molar-refractivity contribution in [1.82, 2.24) is 4.90 Å². The van der Waals surface area contributed by atoms with E-state index in [1.54, 1.807) is 0 Å². The van der Waals surface area contributed by atoms with Gasteiger partial charge < -0.3 is 4.90 Å². The fraction of sp³-hybridized carbons (Fsp3) is 0.769. The van der Waals surface area contributed by atoms with Crippen LogP contribution in [0.25, 0.3) is 0 Å². The number of rotatable bonds is 2. The average Bonchev–Trinajstić information content (AvgIpc) is 3.08. The van der Waals surface area contributed by atoms with Crippen LogP contribution in [0, 0.1) is 5.92 Å². The first kappa shape index (κ1) is 10.6. The van der Waals surface area contributed by atoms with E-state index in [0.29, 0.717) is 0 Å². The molecular weight excluding hydrogens is 222 g/mol. The van der Waals surface area contributed by atoms with Crippen LogP contribution in [0.5, 0.6) is 0 Å². The normalized spacial score (nSPS) is 30.7. The third-order valence-corrected chi connectivity index (χ3v) is 4.31. The number of nitrogens with zero attached hydrogens (tertiary/aromatic N) is 1. The lowest BCUT2D eigenvalue weighted by Gasteiger charge is -2.37. The molecule has 16 heavy (non-hydrogen) atoms. The molecule has 1 aliphatic heterocycles. The molecule has 0 aromatic heterocycles. The minimum absolute atomic E-state index is 0.161. The van der Waals surface area contributed by atoms with E-state index in [1.807, 2.05) is 4.90 Å². The van der Waals surface area contributed by atoms with Crippen LogP contribution < -0.4 is 0 Å². The molecule has 3 heteroatoms. The zero-order valence-corrected chi connectivity index (χ0v) is 10.3. The molecule has 1 heterocycles. The molecule has 88 valence electrons. The maximum absolute atomic E-state index is 12.1. The minimum atomic E-state index is -0.296. The van der Waals surface area contributed by atoms with Gasteiger partial charge in [-0.05, 0) is 56.4 Å². The summed E-state index contributed by atoms with van der Waals surface area (Å²) in [6, 6.07) is 0. The molecule has 0 aromatic rings. The largest absolute Gasteiger partial charge is 0.315 e. The molecule has 0 N–H and O–H groups in total. The summed E-state index contributed by atoms with van der Waals surface area (Å²) in [7, 11) is 0. The topological polar surface area (TPSA) is 20.3 Å². The van der Waals surface area contributed by atoms with Gasteiger partial charge in [0.2, 0.25) is 5.91 Å². The molecule has 1 unspecified atom stereocenters. The number of alkyl halides is 1. The Morgan fingerprint density at radius 1 is 1.25 bits per heavy atom. The van der Waals surface area contributed by atoms with Crippen LogP contribution >= 0.6 is 11.6 Å². The molecule has 2 aliphatic carbocycles. The van der Waals surface area contributed by atoms with Crippen LogP contribution in [-0.2, 0) is 4.79 Å². The van der Waals surface area contributed by atoms with Gasteiger partial charge in [0, 0.05) is 12.2 Å². The van der Waals surface area contributed by atoms with Crippen molar-refractivity contribution in [3.05, 3.63) is 11.3 Å². The summed E-state index contributed by atoms with van der Waals surface area (Å²) >= 11 is 6.16. The van der Waals surface area contributed by atoms with E-state index in [4.69, 9.17) is 11.6 Å². The highest BCUT2D eigenvalue weighted by Crippen LogP contribution is 2.39. The van der Waals surface area contributed by atoms with Crippen molar-refractivity contribution in [2.24, 2.45) is 5.92 Å². The van der Waals surface area contributed by atoms with Gasteiger partial charge in [-0.1, -0.05) is 0 Å². The monoisotopic (exact) mass is 239 g/mol. The Bertz CT molecular complexity index is 346. The number of halogens is 1. The number of carbonyl (C=O) groups is 1. The first-order chi connectivity index (χ1) is 7.75. The van der Waals surface area contributed by atoms with E-state index in [1.165, 1.54) is 37.0 Å². The highest BCUT2D eigenvalue weighted by atomic mass is 35.5. The van der Waals surface area contributed by atoms with Crippen molar-refractivity contribution < 1.29 is 4.79 Å². The van der Waals surface area contributed by atoms with E-state index in [-0.39, 0.29) is 11.3 Å². The first-order valence-electron chi connectivity index (χ1n) is 6.42. The maximum atomic E-state index is 12.1. The Kier molecular flexibility index (Phi) is 2.70. The Hall–Kier alpha value is -0.500. The van der Waals surface area contributed by atoms with Crippen molar-refractivity contribution in [3.8, 4) is 0 Å². The van der Waals surface area contributed by atoms with E-state index in [2.05, 4.69) is 0 Å². The molecular formula is C13H18ClNO. The number of hydrogen-bond donors (Lipinski definition) is 0. The summed E-state index contributed by atoms with van der Waals surface area (Å²) in [5, 5.41) is -0.296. The van der Waals surface area contributed by atoms with Gasteiger partial charge >= 0.3 is 0 Å². The lowest BCUT2D eigenvalue weighted by atomic mass is 9.89. The summed E-state index contributed by atoms with van der Waals surface area (Å²) in [6.45, 7) is 0.931. The Morgan fingerprint density at radius 3 is 2.75 bits per heavy atom. The van der Waals surface area contributed by atoms with Crippen LogP contribution in [0.3, 0.4) is 0 Å². The number of allylic oxidation sites excluding steroid dienone is 2. The summed E-state index contributed by atoms with van der Waals surface area (Å²) in [5.41, 5.74) is 2.80. The molecule has 2 nitrogen and oxygen atoms in total. The molecule has 0 saturated heterocycles. The zero-order valence-electron chi connectivity index (χ0n) is 9.54. The SMILES string of the molecule is O=C1C(Cl)CC2=C(CCCC2)N1CC1CC1. The van der Waals surface area contributed by atoms with Gasteiger partial charge in [0.1, 0.15) is 5.38 Å². The third-order valence-electron chi connectivity index (χ3n) is 3.97. The second-order valence-electron chi connectivity index (χ2n) is 5.32. The van der Waals surface area contributed by atoms with Crippen molar-refractivity contribution in [2.75, 3.05) is 6.54 Å². The quantitative estimate of drug-likeness (QED) is 0.679. The first-order valence-corrected chi connectivity index (χ1v) is 6.85. The molecule has 1 saturated carbocycles. The summed E-state index contributed by atoms with van der Waals surface area (Å²) < 4.78 is 0. The lowest BCUT2D eigenvalue weighted by molar-refractivity contribution is -0.130. The van der Waals surface area contributed by atoms with Crippen molar-refractivity contribution in [2.45, 2.75) is 50.3 Å². The standard InChI is InChI=1S/C13H18ClNO/c14-11-7-10-3-1-2-4-12(10)15(13(11)16)8-9-5-6-9/h9,11H,1-8H2. The Morgan fingerprint density at radius 2 is 2.00 bits per heavy atom. The van der Waals surface area contributed by atoms with Crippen LogP contribution in [0.2, 0.25) is 0 Å². The summed E-state index contributed by atoms with van der Waals surface area (Å²) in [6.07, 6.45) is 8.15. The smallest absolute Gasteiger partial charge is 0.245 e. The molecule has 0 spiro atoms. The zero-order chi connectivity index (χ0) is 11.1. The van der Waals surface area contributed by atoms with Gasteiger partial charge in [0.05, 0.1) is 0 Å². The van der Waals surface area contributed by atoms with Gasteiger partial charge in [-0.15, -0.1) is 11.6 Å². The fourth-order valence-corrected chi connectivity index (χ4v) is 3.17. The molecule has 3 aliphatic rings. The lowest BCUT2D eigenvalue weighted by Crippen LogP contribution is -2.42. The molecule has 1 fully saturated rings. The second kappa shape index (κ2) is 4.06. The summed E-state index contributed by atoms with van der Waals surface area (Å²) in [4.78, 5) is 14.1. The molecule has 1 amide bonds. The van der Waals surface area contributed by atoms with Gasteiger partial charge in [0.15, 0.2) is 0 Å². The maximum Gasteiger partial charge on any atom is 0.245 e. The van der Waals surface area contributed by atoms with Gasteiger partial charge in [-0.25, -0.2) is 0 Å². The molecule has 0 aromatic carbocycles. The van der Waals surface area contributed by atoms with Crippen molar-refractivity contribution in [1.29, 1.82) is 0 Å². The number of carbonyl (C=O) groups excluding carboxylic acids is 1. The minimum Gasteiger partial charge on any atom is -0.315 e. The third kappa shape index (κ3) is 1.88. The van der Waals surface area contributed by atoms with Crippen LogP contribution in [-0.4, -0.2) is 22.7 Å². The molecule has 3 rings (SSSR count). The Labute approximate surface area is 102 Å². The summed E-state index contributed by atoms with van der Waals surface area (Å²) in [5.74, 6) is 0.913. The predicted molar refractivity (Wildman–Crippen MR) is 64.2 cm³/mol. The van der Waals surface area contributed by atoms with E-state index in [0.717, 1.165) is 31.7 Å². The van der Waals surface area contributed by atoms with Crippen molar-refractivity contribution >= 4 is 17.5 Å². The van der Waals surface area contributed by atoms with E-state index < -0.39 is 0 Å². The predicted octanol–water partition coefficient (Wildman–Crippen LogP) is 3.06. The van der Waals surface area contributed by atoms with Gasteiger partial charge in [0.25, 0.3) is 0 Å². The van der Waals surface area contributed by atoms with Crippen LogP contribution in [0.1, 0.15) is 44.9 Å². The average molecular weight is 240 g/mol. The van der Waals surface area contributed by atoms with E-state index in [9.17, 15) is 4.79 Å². The number of hydrogen-bond acceptors (Lipinski definition) is 1. The van der Waals surface area contributed by atoms with Gasteiger partial charge in [-0.2, -0.15) is 0 Å². The number of amides is 1. The fourth-order valence-electron chi connectivity index (χ4n) is 2.86. The van der Waals surface area contributed by atoms with Crippen molar-refractivity contribution in [3.63, 3.8) is 0 Å². The highest BCUT2D eigenvalue weighted by Gasteiger charge is 2.37. The van der Waals surface area contributed by atoms with Crippen LogP contribution in [0.4, 0.5) is 0 Å². The highest BCUT2D eigenvalue weighted by molar-refractivity contribution is 6.31. The molecule has 0 bridgehead atoms. The van der Waals surface area contributed by atoms with E-state index >= 15 is 0 Å². The molecule has 0 radical (unpaired) electrons. The molecule has 1 atom stereocenters. The second-order valence-corrected chi connectivity index (χ2v) is 5.85. The Balaban J connectivity index is 1.86. The van der Waals surface area contributed by atoms with Gasteiger partial charge in [-0.3, -0.25) is 4.79 Å².